The zero-order valence-corrected chi connectivity index (χ0v) is 16.6. The minimum Gasteiger partial charge on any atom is -0.488 e. The summed E-state index contributed by atoms with van der Waals surface area (Å²) in [5, 5.41) is 10.5. The fourth-order valence-electron chi connectivity index (χ4n) is 3.77. The quantitative estimate of drug-likeness (QED) is 0.468. The van der Waals surface area contributed by atoms with Gasteiger partial charge < -0.3 is 14.6 Å². The third kappa shape index (κ3) is 3.85. The number of hydrogen-bond acceptors (Lipinski definition) is 4. The molecule has 0 fully saturated rings. The van der Waals surface area contributed by atoms with E-state index in [2.05, 4.69) is 4.98 Å². The summed E-state index contributed by atoms with van der Waals surface area (Å²) in [5.41, 5.74) is 4.81. The molecule has 1 aromatic heterocycles. The number of ether oxygens (including phenoxy) is 2. The van der Waals surface area contributed by atoms with E-state index < -0.39 is 5.97 Å². The standard InChI is InChI=1S/C26H19NO4/c28-26(29)14-22-21-7-3-1-6-18(21)15-31-25-12-11-20(13-23(22)25)30-16-19-10-9-17-5-2-4-8-24(17)27-19/h1-14H,15-16H2,(H,28,29)/b22-14-. The van der Waals surface area contributed by atoms with Crippen molar-refractivity contribution in [3.05, 3.63) is 107 Å². The molecule has 3 aromatic carbocycles. The van der Waals surface area contributed by atoms with Gasteiger partial charge in [-0.25, -0.2) is 9.78 Å². The molecule has 0 spiro atoms. The average molecular weight is 409 g/mol. The van der Waals surface area contributed by atoms with E-state index in [1.54, 1.807) is 0 Å². The molecule has 1 aliphatic rings. The highest BCUT2D eigenvalue weighted by atomic mass is 16.5. The number of hydrogen-bond donors (Lipinski definition) is 1. The lowest BCUT2D eigenvalue weighted by molar-refractivity contribution is -0.131. The Morgan fingerprint density at radius 3 is 2.74 bits per heavy atom. The van der Waals surface area contributed by atoms with Crippen LogP contribution < -0.4 is 9.47 Å². The largest absolute Gasteiger partial charge is 0.488 e. The maximum atomic E-state index is 11.5. The van der Waals surface area contributed by atoms with Crippen LogP contribution in [0, 0.1) is 0 Å². The number of carbonyl (C=O) groups is 1. The molecule has 1 N–H and O–H groups in total. The van der Waals surface area contributed by atoms with Gasteiger partial charge in [-0.05, 0) is 41.5 Å². The van der Waals surface area contributed by atoms with Gasteiger partial charge in [0.1, 0.15) is 24.7 Å². The summed E-state index contributed by atoms with van der Waals surface area (Å²) in [5.74, 6) is 0.234. The third-order valence-electron chi connectivity index (χ3n) is 5.24. The van der Waals surface area contributed by atoms with Crippen LogP contribution in [0.5, 0.6) is 11.5 Å². The molecule has 152 valence electrons. The van der Waals surface area contributed by atoms with E-state index in [0.717, 1.165) is 27.7 Å². The van der Waals surface area contributed by atoms with Crippen LogP contribution in [0.3, 0.4) is 0 Å². The lowest BCUT2D eigenvalue weighted by Crippen LogP contribution is -2.00. The monoisotopic (exact) mass is 409 g/mol. The van der Waals surface area contributed by atoms with Crippen molar-refractivity contribution < 1.29 is 19.4 Å². The van der Waals surface area contributed by atoms with Crippen LogP contribution in [-0.2, 0) is 18.0 Å². The van der Waals surface area contributed by atoms with Crippen molar-refractivity contribution in [2.24, 2.45) is 0 Å². The van der Waals surface area contributed by atoms with Crippen molar-refractivity contribution in [2.45, 2.75) is 13.2 Å². The Morgan fingerprint density at radius 1 is 1.00 bits per heavy atom. The van der Waals surface area contributed by atoms with Gasteiger partial charge in [0.05, 0.1) is 11.2 Å². The summed E-state index contributed by atoms with van der Waals surface area (Å²) in [6, 6.07) is 25.0. The Bertz CT molecular complexity index is 1330. The highest BCUT2D eigenvalue weighted by Gasteiger charge is 2.20. The minimum atomic E-state index is -1.01. The zero-order valence-electron chi connectivity index (χ0n) is 16.6. The van der Waals surface area contributed by atoms with Crippen LogP contribution in [-0.4, -0.2) is 16.1 Å². The molecule has 0 radical (unpaired) electrons. The number of pyridine rings is 1. The summed E-state index contributed by atoms with van der Waals surface area (Å²) in [7, 11) is 0. The Balaban J connectivity index is 1.47. The normalized spacial score (nSPS) is 13.7. The molecule has 31 heavy (non-hydrogen) atoms. The predicted molar refractivity (Wildman–Crippen MR) is 118 cm³/mol. The second kappa shape index (κ2) is 7.95. The number of para-hydroxylation sites is 1. The Morgan fingerprint density at radius 2 is 1.84 bits per heavy atom. The molecule has 5 heteroatoms. The smallest absolute Gasteiger partial charge is 0.328 e. The van der Waals surface area contributed by atoms with E-state index in [0.29, 0.717) is 35.8 Å². The second-order valence-corrected chi connectivity index (χ2v) is 7.28. The van der Waals surface area contributed by atoms with Gasteiger partial charge in [0, 0.05) is 22.6 Å². The molecule has 0 saturated heterocycles. The number of nitrogens with zero attached hydrogens (tertiary/aromatic N) is 1. The van der Waals surface area contributed by atoms with Crippen LogP contribution in [0.25, 0.3) is 16.5 Å². The molecule has 0 saturated carbocycles. The molecule has 0 amide bonds. The van der Waals surface area contributed by atoms with Crippen molar-refractivity contribution in [2.75, 3.05) is 0 Å². The van der Waals surface area contributed by atoms with Crippen LogP contribution in [0.15, 0.2) is 84.9 Å². The third-order valence-corrected chi connectivity index (χ3v) is 5.24. The van der Waals surface area contributed by atoms with Gasteiger partial charge in [0.15, 0.2) is 0 Å². The molecular formula is C26H19NO4. The summed E-state index contributed by atoms with van der Waals surface area (Å²) < 4.78 is 11.9. The first-order chi connectivity index (χ1) is 15.2. The Labute approximate surface area is 179 Å². The highest BCUT2D eigenvalue weighted by molar-refractivity contribution is 5.97. The number of aliphatic carboxylic acids is 1. The first-order valence-corrected chi connectivity index (χ1v) is 9.95. The zero-order chi connectivity index (χ0) is 21.2. The van der Waals surface area contributed by atoms with Crippen LogP contribution in [0.1, 0.15) is 22.4 Å². The van der Waals surface area contributed by atoms with Crippen molar-refractivity contribution in [1.29, 1.82) is 0 Å². The van der Waals surface area contributed by atoms with E-state index in [1.165, 1.54) is 6.08 Å². The lowest BCUT2D eigenvalue weighted by Gasteiger charge is -2.13. The maximum absolute atomic E-state index is 11.5. The Hall–Kier alpha value is -4.12. The molecule has 2 heterocycles. The van der Waals surface area contributed by atoms with Crippen LogP contribution in [0.2, 0.25) is 0 Å². The molecule has 5 rings (SSSR count). The number of carboxylic acids is 1. The van der Waals surface area contributed by atoms with E-state index >= 15 is 0 Å². The average Bonchev–Trinajstić information content (AvgIpc) is 2.94. The van der Waals surface area contributed by atoms with E-state index in [-0.39, 0.29) is 0 Å². The van der Waals surface area contributed by atoms with E-state index in [4.69, 9.17) is 9.47 Å². The van der Waals surface area contributed by atoms with Gasteiger partial charge in [0.25, 0.3) is 0 Å². The summed E-state index contributed by atoms with van der Waals surface area (Å²) in [6.45, 7) is 0.681. The molecule has 4 aromatic rings. The van der Waals surface area contributed by atoms with Gasteiger partial charge >= 0.3 is 5.97 Å². The highest BCUT2D eigenvalue weighted by Crippen LogP contribution is 2.38. The number of fused-ring (bicyclic) bond motifs is 3. The number of aromatic nitrogens is 1. The number of benzene rings is 3. The van der Waals surface area contributed by atoms with E-state index in [1.807, 2.05) is 78.9 Å². The van der Waals surface area contributed by atoms with Gasteiger partial charge in [-0.1, -0.05) is 48.5 Å². The molecule has 0 atom stereocenters. The van der Waals surface area contributed by atoms with Crippen LogP contribution in [0.4, 0.5) is 0 Å². The molecule has 1 aliphatic heterocycles. The van der Waals surface area contributed by atoms with Gasteiger partial charge in [0.2, 0.25) is 0 Å². The molecule has 0 bridgehead atoms. The van der Waals surface area contributed by atoms with Crippen molar-refractivity contribution in [1.82, 2.24) is 4.98 Å². The van der Waals surface area contributed by atoms with E-state index in [9.17, 15) is 9.90 Å². The topological polar surface area (TPSA) is 68.7 Å². The second-order valence-electron chi connectivity index (χ2n) is 7.28. The van der Waals surface area contributed by atoms with Gasteiger partial charge in [-0.3, -0.25) is 0 Å². The van der Waals surface area contributed by atoms with Gasteiger partial charge in [-0.2, -0.15) is 0 Å². The summed E-state index contributed by atoms with van der Waals surface area (Å²) >= 11 is 0. The summed E-state index contributed by atoms with van der Waals surface area (Å²) in [6.07, 6.45) is 1.22. The summed E-state index contributed by atoms with van der Waals surface area (Å²) in [4.78, 5) is 16.2. The number of carboxylic acid groups (broad SMARTS) is 1. The fraction of sp³-hybridized carbons (Fsp3) is 0.0769. The predicted octanol–water partition coefficient (Wildman–Crippen LogP) is 5.22. The SMILES string of the molecule is O=C(O)/C=C1/c2ccccc2COc2ccc(OCc3ccc4ccccc4n3)cc21. The van der Waals surface area contributed by atoms with Gasteiger partial charge in [-0.15, -0.1) is 0 Å². The van der Waals surface area contributed by atoms with Crippen LogP contribution >= 0.6 is 0 Å². The number of rotatable bonds is 4. The maximum Gasteiger partial charge on any atom is 0.328 e. The van der Waals surface area contributed by atoms with Crippen molar-refractivity contribution in [3.63, 3.8) is 0 Å². The molecule has 0 unspecified atom stereocenters. The van der Waals surface area contributed by atoms with Crippen molar-refractivity contribution in [3.8, 4) is 11.5 Å². The van der Waals surface area contributed by atoms with Crippen molar-refractivity contribution >= 4 is 22.4 Å². The lowest BCUT2D eigenvalue weighted by atomic mass is 9.94. The molecular weight excluding hydrogens is 390 g/mol. The molecule has 5 nitrogen and oxygen atoms in total. The first-order valence-electron chi connectivity index (χ1n) is 9.95. The first kappa shape index (κ1) is 18.9. The molecule has 0 aliphatic carbocycles. The Kier molecular flexibility index (Phi) is 4.84. The minimum absolute atomic E-state index is 0.305. The fourth-order valence-corrected chi connectivity index (χ4v) is 3.77.